The maximum Gasteiger partial charge on any atom is 0.0641 e. The summed E-state index contributed by atoms with van der Waals surface area (Å²) in [5.74, 6) is 0. The molecule has 17 aromatic rings. The highest BCUT2D eigenvalue weighted by atomic mass is 15.2. The van der Waals surface area contributed by atoms with E-state index in [1.54, 1.807) is 0 Å². The molecule has 13 aromatic carbocycles. The van der Waals surface area contributed by atoms with Gasteiger partial charge < -0.3 is 18.6 Å². The van der Waals surface area contributed by atoms with E-state index in [1.807, 2.05) is 0 Å². The van der Waals surface area contributed by atoms with Gasteiger partial charge in [-0.1, -0.05) is 220 Å². The molecule has 0 unspecified atom stereocenters. The lowest BCUT2D eigenvalue weighted by molar-refractivity contribution is 1.14. The summed E-state index contributed by atoms with van der Waals surface area (Å²) >= 11 is 0. The molecule has 0 fully saturated rings. The molecule has 4 heterocycles. The maximum absolute atomic E-state index is 2.57. The van der Waals surface area contributed by atoms with Crippen molar-refractivity contribution in [2.45, 2.75) is 26.7 Å². The molecule has 4 nitrogen and oxygen atoms in total. The molecule has 86 heavy (non-hydrogen) atoms. The van der Waals surface area contributed by atoms with E-state index in [0.29, 0.717) is 0 Å². The lowest BCUT2D eigenvalue weighted by Crippen LogP contribution is -2.12. The van der Waals surface area contributed by atoms with Crippen LogP contribution in [0.15, 0.2) is 291 Å². The van der Waals surface area contributed by atoms with E-state index < -0.39 is 0 Å². The number of benzene rings is 13. The molecule has 17 rings (SSSR count). The molecule has 0 bridgehead atoms. The predicted molar refractivity (Wildman–Crippen MR) is 366 cm³/mol. The maximum atomic E-state index is 2.57. The van der Waals surface area contributed by atoms with Gasteiger partial charge in [-0.05, 0) is 142 Å². The highest BCUT2D eigenvalue weighted by Gasteiger charge is 2.30. The first kappa shape index (κ1) is 49.7. The van der Waals surface area contributed by atoms with E-state index in [1.165, 1.54) is 132 Å². The van der Waals surface area contributed by atoms with Crippen LogP contribution in [0, 0.1) is 0 Å². The highest BCUT2D eigenvalue weighted by Crippen LogP contribution is 2.53. The molecule has 0 saturated heterocycles. The lowest BCUT2D eigenvalue weighted by Gasteiger charge is -2.29. The summed E-state index contributed by atoms with van der Waals surface area (Å²) in [6.07, 6.45) is 1.89. The van der Waals surface area contributed by atoms with Crippen molar-refractivity contribution < 1.29 is 0 Å². The molecule has 4 heteroatoms. The summed E-state index contributed by atoms with van der Waals surface area (Å²) in [5.41, 5.74) is 26.2. The molecule has 0 atom stereocenters. The van der Waals surface area contributed by atoms with E-state index in [-0.39, 0.29) is 0 Å². The van der Waals surface area contributed by atoms with E-state index in [2.05, 4.69) is 324 Å². The largest absolute Gasteiger partial charge is 0.309 e. The monoisotopic (exact) mass is 1100 g/mol. The van der Waals surface area contributed by atoms with Crippen molar-refractivity contribution in [1.29, 1.82) is 0 Å². The Labute approximate surface area is 499 Å². The molecule has 0 aliphatic heterocycles. The number of anilines is 6. The van der Waals surface area contributed by atoms with Crippen molar-refractivity contribution in [3.63, 3.8) is 0 Å². The van der Waals surface area contributed by atoms with Gasteiger partial charge in [-0.15, -0.1) is 0 Å². The number of aromatic nitrogens is 2. The Balaban J connectivity index is 0.914. The topological polar surface area (TPSA) is 15.3 Å². The molecule has 0 aliphatic carbocycles. The zero-order chi connectivity index (χ0) is 57.0. The molecule has 0 radical (unpaired) electrons. The Kier molecular flexibility index (Phi) is 11.5. The highest BCUT2D eigenvalue weighted by molar-refractivity contribution is 6.32. The van der Waals surface area contributed by atoms with Gasteiger partial charge in [-0.25, -0.2) is 0 Å². The fourth-order valence-corrected chi connectivity index (χ4v) is 14.2. The van der Waals surface area contributed by atoms with Gasteiger partial charge in [0.1, 0.15) is 0 Å². The van der Waals surface area contributed by atoms with E-state index >= 15 is 0 Å². The summed E-state index contributed by atoms with van der Waals surface area (Å²) in [6.45, 7) is 4.49. The van der Waals surface area contributed by atoms with Gasteiger partial charge in [-0.2, -0.15) is 0 Å². The normalized spacial score (nSPS) is 11.9. The van der Waals surface area contributed by atoms with Gasteiger partial charge in [0.2, 0.25) is 0 Å². The molecular weight excluding hydrogens is 1040 g/mol. The van der Waals surface area contributed by atoms with Gasteiger partial charge in [0.05, 0.1) is 55.8 Å². The summed E-state index contributed by atoms with van der Waals surface area (Å²) in [4.78, 5) is 5.04. The zero-order valence-electron chi connectivity index (χ0n) is 47.9. The summed E-state index contributed by atoms with van der Waals surface area (Å²) in [6, 6.07) is 108. The van der Waals surface area contributed by atoms with Crippen LogP contribution >= 0.6 is 0 Å². The average Bonchev–Trinajstić information content (AvgIpc) is 1.56. The van der Waals surface area contributed by atoms with Crippen LogP contribution in [0.3, 0.4) is 0 Å². The van der Waals surface area contributed by atoms with Crippen LogP contribution in [0.5, 0.6) is 0 Å². The first-order valence-electron chi connectivity index (χ1n) is 30.2. The van der Waals surface area contributed by atoms with Gasteiger partial charge in [-0.3, -0.25) is 0 Å². The van der Waals surface area contributed by atoms with Gasteiger partial charge in [0, 0.05) is 65.6 Å². The number of hydrogen-bond donors (Lipinski definition) is 0. The molecular formula is C82H58N4. The average molecular weight is 1100 g/mol. The van der Waals surface area contributed by atoms with Gasteiger partial charge in [0.25, 0.3) is 0 Å². The van der Waals surface area contributed by atoms with Crippen molar-refractivity contribution in [2.24, 2.45) is 0 Å². The van der Waals surface area contributed by atoms with Gasteiger partial charge >= 0.3 is 0 Å². The third kappa shape index (κ3) is 7.62. The second-order valence-electron chi connectivity index (χ2n) is 22.9. The molecule has 0 N–H and O–H groups in total. The fraction of sp³-hybridized carbons (Fsp3) is 0.0488. The second-order valence-corrected chi connectivity index (χ2v) is 22.9. The molecule has 0 amide bonds. The number of nitrogens with zero attached hydrogens (tertiary/aromatic N) is 4. The van der Waals surface area contributed by atoms with Crippen molar-refractivity contribution >= 4 is 110 Å². The first-order valence-corrected chi connectivity index (χ1v) is 30.2. The predicted octanol–water partition coefficient (Wildman–Crippen LogP) is 22.7. The molecule has 0 aliphatic rings. The Morgan fingerprint density at radius 3 is 0.977 bits per heavy atom. The minimum Gasteiger partial charge on any atom is -0.309 e. The molecule has 4 aromatic heterocycles. The third-order valence-electron chi connectivity index (χ3n) is 18.3. The van der Waals surface area contributed by atoms with Crippen molar-refractivity contribution in [1.82, 2.24) is 8.80 Å². The van der Waals surface area contributed by atoms with Crippen LogP contribution in [-0.4, -0.2) is 8.80 Å². The Morgan fingerprint density at radius 2 is 0.593 bits per heavy atom. The van der Waals surface area contributed by atoms with Crippen LogP contribution < -0.4 is 9.80 Å². The van der Waals surface area contributed by atoms with Crippen LogP contribution in [0.4, 0.5) is 34.1 Å². The first-order chi connectivity index (χ1) is 42.6. The van der Waals surface area contributed by atoms with Crippen molar-refractivity contribution in [3.05, 3.63) is 302 Å². The summed E-state index contributed by atoms with van der Waals surface area (Å²) in [7, 11) is 0. The summed E-state index contributed by atoms with van der Waals surface area (Å²) < 4.78 is 5.13. The van der Waals surface area contributed by atoms with Gasteiger partial charge in [0.15, 0.2) is 0 Å². The Morgan fingerprint density at radius 1 is 0.256 bits per heavy atom. The molecule has 406 valence electrons. The molecule has 0 saturated carbocycles. The van der Waals surface area contributed by atoms with Crippen LogP contribution in [0.25, 0.3) is 121 Å². The standard InChI is InChI=1S/C82H58N4/c1-3-53-33-45-73(67(49-53)59-25-13-7-14-26-59)83(61-39-35-57(36-40-61)55-21-9-5-10-22-55)75-47-43-63-69-51-78-70(52-77(69)85-71-31-19-17-29-65(71)79(75)81(63)85)64-44-48-76(80-66-30-18-20-32-72(66)86(78)82(64)80)84(62-41-37-58(38-42-62)56-23-11-6-12-24-56)74-46-34-54(4-2)50-68(74)60-27-15-8-16-28-60/h5-52H,3-4H2,1-2H3. The number of hydrogen-bond acceptors (Lipinski definition) is 2. The van der Waals surface area contributed by atoms with Crippen LogP contribution in [-0.2, 0) is 12.8 Å². The Bertz CT molecular complexity index is 5050. The van der Waals surface area contributed by atoms with Crippen LogP contribution in [0.1, 0.15) is 25.0 Å². The number of fused-ring (bicyclic) bond motifs is 12. The second kappa shape index (κ2) is 19.9. The number of para-hydroxylation sites is 2. The SMILES string of the molecule is CCc1ccc(N(c2ccc(-c3ccccc3)cc2)c2ccc3c4cc5c(cc4n4c6ccccc6c2c34)c2ccc(N(c3ccc(-c4ccccc4)cc3)c3ccc(CC)cc3-c3ccccc3)c3c4ccccc4n5c23)c(-c2ccccc2)c1. The van der Waals surface area contributed by atoms with E-state index in [9.17, 15) is 0 Å². The quantitative estimate of drug-likeness (QED) is 0.121. The minimum atomic E-state index is 0.946. The lowest BCUT2D eigenvalue weighted by atomic mass is 9.97. The minimum absolute atomic E-state index is 0.946. The molecule has 0 spiro atoms. The van der Waals surface area contributed by atoms with Crippen molar-refractivity contribution in [2.75, 3.05) is 9.80 Å². The van der Waals surface area contributed by atoms with Crippen LogP contribution in [0.2, 0.25) is 0 Å². The third-order valence-corrected chi connectivity index (χ3v) is 18.3. The summed E-state index contributed by atoms with van der Waals surface area (Å²) in [5, 5.41) is 9.87. The van der Waals surface area contributed by atoms with E-state index in [4.69, 9.17) is 0 Å². The zero-order valence-corrected chi connectivity index (χ0v) is 47.9. The van der Waals surface area contributed by atoms with Crippen molar-refractivity contribution in [3.8, 4) is 44.5 Å². The number of aryl methyl sites for hydroxylation is 2. The fourth-order valence-electron chi connectivity index (χ4n) is 14.2. The number of rotatable bonds is 12. The Hall–Kier alpha value is -10.9. The smallest absolute Gasteiger partial charge is 0.0641 e. The van der Waals surface area contributed by atoms with E-state index in [0.717, 1.165) is 47.0 Å².